The van der Waals surface area contributed by atoms with E-state index in [2.05, 4.69) is 502 Å². The average molecular weight is 1590 g/mol. The van der Waals surface area contributed by atoms with Gasteiger partial charge in [0.15, 0.2) is 0 Å². The second-order valence-corrected chi connectivity index (χ2v) is 41.7. The summed E-state index contributed by atoms with van der Waals surface area (Å²) in [6.07, 6.45) is 0. The Kier molecular flexibility index (Phi) is 21.7. The van der Waals surface area contributed by atoms with Gasteiger partial charge in [0.05, 0.1) is 0 Å². The summed E-state index contributed by atoms with van der Waals surface area (Å²) in [6.45, 7) is 51.2. The molecule has 612 valence electrons. The number of anilines is 6. The number of para-hydroxylation sites is 1. The van der Waals surface area contributed by atoms with Crippen LogP contribution in [-0.2, 0) is 43.3 Å². The Hall–Kier alpha value is -12.1. The van der Waals surface area contributed by atoms with Crippen molar-refractivity contribution in [2.24, 2.45) is 0 Å². The minimum absolute atomic E-state index is 0.0122. The predicted molar refractivity (Wildman–Crippen MR) is 528 cm³/mol. The highest BCUT2D eigenvalue weighted by molar-refractivity contribution is 5.91. The molecule has 0 unspecified atom stereocenters. The highest BCUT2D eigenvalue weighted by Crippen LogP contribution is 2.54. The van der Waals surface area contributed by atoms with Crippen molar-refractivity contribution in [2.45, 2.75) is 196 Å². The first kappa shape index (κ1) is 83.5. The molecule has 122 heavy (non-hydrogen) atoms. The van der Waals surface area contributed by atoms with E-state index in [0.717, 1.165) is 34.1 Å². The van der Waals surface area contributed by atoms with Crippen LogP contribution >= 0.6 is 0 Å². The Morgan fingerprint density at radius 3 is 0.730 bits per heavy atom. The summed E-state index contributed by atoms with van der Waals surface area (Å²) in [5, 5.41) is 0. The second-order valence-electron chi connectivity index (χ2n) is 41.7. The lowest BCUT2D eigenvalue weighted by Crippen LogP contribution is -2.16. The molecule has 17 rings (SSSR count). The van der Waals surface area contributed by atoms with Crippen LogP contribution in [0.4, 0.5) is 34.1 Å². The summed E-state index contributed by atoms with van der Waals surface area (Å²) in [7, 11) is 0. The first-order valence-corrected chi connectivity index (χ1v) is 44.1. The topological polar surface area (TPSA) is 6.48 Å². The maximum Gasteiger partial charge on any atom is 0.0467 e. The second kappa shape index (κ2) is 31.7. The van der Waals surface area contributed by atoms with E-state index in [0.29, 0.717) is 0 Å². The van der Waals surface area contributed by atoms with Crippen LogP contribution in [0.25, 0.3) is 100 Å². The van der Waals surface area contributed by atoms with Gasteiger partial charge in [-0.3, -0.25) is 0 Å². The van der Waals surface area contributed by atoms with Crippen LogP contribution in [-0.4, -0.2) is 0 Å². The lowest BCUT2D eigenvalue weighted by atomic mass is 9.78. The van der Waals surface area contributed by atoms with Gasteiger partial charge in [0, 0.05) is 45.0 Å². The largest absolute Gasteiger partial charge is 0.310 e. The van der Waals surface area contributed by atoms with E-state index in [1.165, 1.54) is 156 Å². The van der Waals surface area contributed by atoms with Crippen molar-refractivity contribution in [3.8, 4) is 100 Å². The molecule has 0 saturated heterocycles. The van der Waals surface area contributed by atoms with Gasteiger partial charge in [-0.25, -0.2) is 0 Å². The van der Waals surface area contributed by atoms with Crippen LogP contribution in [0.5, 0.6) is 0 Å². The van der Waals surface area contributed by atoms with Crippen LogP contribution in [0.1, 0.15) is 208 Å². The number of hydrogen-bond donors (Lipinski definition) is 0. The van der Waals surface area contributed by atoms with Gasteiger partial charge in [-0.1, -0.05) is 395 Å². The van der Waals surface area contributed by atoms with E-state index < -0.39 is 0 Å². The fourth-order valence-corrected chi connectivity index (χ4v) is 18.1. The summed E-state index contributed by atoms with van der Waals surface area (Å²) in [5.41, 5.74) is 42.9. The van der Waals surface area contributed by atoms with Crippen molar-refractivity contribution in [1.29, 1.82) is 0 Å². The summed E-state index contributed by atoms with van der Waals surface area (Å²) in [5.74, 6) is 0. The molecule has 0 amide bonds. The molecule has 0 atom stereocenters. The zero-order valence-corrected chi connectivity index (χ0v) is 76.2. The Labute approximate surface area is 730 Å². The average Bonchev–Trinajstić information content (AvgIpc) is 1.58. The first-order chi connectivity index (χ1) is 57.7. The standard InChI is InChI=1S/C63H63N.C57H59N/c1-60(2,3)50-35-47(34-48(36-50)49-37-51(61(4,5)6)40-52(38-49)62(7,8)9)45-22-17-21-44(33-45)46-23-18-24-54(39-46)64(53-29-27-43(28-30-53)42-19-13-12-14-20-42)55-31-32-57-56-25-15-16-26-58(56)63(10,11)59(57)41-55;1-54(2,3)44-31-41(30-42(32-44)43-33-45(55(4,5)6)36-46(34-43)56(7,8)9)39-20-17-19-38(29-39)40-21-18-24-48(35-40)58(47-22-13-12-14-23-47)49-27-28-51-50-25-15-16-26-52(50)57(10,11)53(51)37-49/h12-41H,1-11H3;12-37H,1-11H3. The molecule has 2 nitrogen and oxygen atoms in total. The molecule has 0 N–H and O–H groups in total. The van der Waals surface area contributed by atoms with Gasteiger partial charge in [-0.05, 0) is 285 Å². The number of hydrogen-bond acceptors (Lipinski definition) is 2. The maximum atomic E-state index is 2.43. The molecule has 0 bridgehead atoms. The zero-order chi connectivity index (χ0) is 86.4. The summed E-state index contributed by atoms with van der Waals surface area (Å²) < 4.78 is 0. The van der Waals surface area contributed by atoms with Crippen LogP contribution in [0.15, 0.2) is 340 Å². The molecule has 0 fully saturated rings. The SMILES string of the molecule is CC(C)(C)c1cc(-c2cccc(-c3cccc(N(c4ccc(-c5ccccc5)cc4)c4ccc5c(c4)C(C)(C)c4ccccc4-5)c3)c2)cc(-c2cc(C(C)(C)C)cc(C(C)(C)C)c2)c1.CC(C)(C)c1cc(-c2cccc(-c3cccc(N(c4ccccc4)c4ccc5c(c4)C(C)(C)c4ccccc4-5)c3)c2)cc(-c2cc(C(C)(C)C)cc(C(C)(C)C)c2)c1. The molecule has 0 aliphatic heterocycles. The van der Waals surface area contributed by atoms with Crippen LogP contribution in [0, 0.1) is 0 Å². The van der Waals surface area contributed by atoms with Gasteiger partial charge in [-0.2, -0.15) is 0 Å². The van der Waals surface area contributed by atoms with Gasteiger partial charge >= 0.3 is 0 Å². The highest BCUT2D eigenvalue weighted by Gasteiger charge is 2.38. The van der Waals surface area contributed by atoms with Crippen molar-refractivity contribution >= 4 is 34.1 Å². The maximum absolute atomic E-state index is 2.43. The first-order valence-electron chi connectivity index (χ1n) is 44.1. The van der Waals surface area contributed by atoms with Gasteiger partial charge < -0.3 is 9.80 Å². The van der Waals surface area contributed by atoms with E-state index in [1.807, 2.05) is 0 Å². The Morgan fingerprint density at radius 1 is 0.156 bits per heavy atom. The number of rotatable bonds is 13. The summed E-state index contributed by atoms with van der Waals surface area (Å²) in [4.78, 5) is 4.83. The van der Waals surface area contributed by atoms with Gasteiger partial charge in [0.25, 0.3) is 0 Å². The van der Waals surface area contributed by atoms with E-state index in [9.17, 15) is 0 Å². The summed E-state index contributed by atoms with van der Waals surface area (Å²) >= 11 is 0. The van der Waals surface area contributed by atoms with Crippen LogP contribution in [0.3, 0.4) is 0 Å². The van der Waals surface area contributed by atoms with E-state index in [4.69, 9.17) is 0 Å². The molecule has 2 aliphatic carbocycles. The van der Waals surface area contributed by atoms with Crippen molar-refractivity contribution in [2.75, 3.05) is 9.80 Å². The molecule has 15 aromatic rings. The minimum Gasteiger partial charge on any atom is -0.310 e. The molecule has 0 spiro atoms. The molecule has 0 aromatic heterocycles. The quantitative estimate of drug-likeness (QED) is 0.114. The van der Waals surface area contributed by atoms with Crippen LogP contribution < -0.4 is 9.80 Å². The summed E-state index contributed by atoms with van der Waals surface area (Å²) in [6, 6.07) is 128. The molecule has 0 heterocycles. The molecule has 15 aromatic carbocycles. The molecule has 2 aliphatic rings. The molecule has 2 heteroatoms. The van der Waals surface area contributed by atoms with Crippen LogP contribution in [0.2, 0.25) is 0 Å². The third-order valence-corrected chi connectivity index (χ3v) is 25.8. The minimum atomic E-state index is -0.110. The van der Waals surface area contributed by atoms with Crippen molar-refractivity contribution in [1.82, 2.24) is 0 Å². The van der Waals surface area contributed by atoms with E-state index in [1.54, 1.807) is 0 Å². The van der Waals surface area contributed by atoms with Gasteiger partial charge in [0.2, 0.25) is 0 Å². The third-order valence-electron chi connectivity index (χ3n) is 25.8. The number of nitrogens with zero attached hydrogens (tertiary/aromatic N) is 2. The van der Waals surface area contributed by atoms with E-state index in [-0.39, 0.29) is 43.3 Å². The number of benzene rings is 15. The number of fused-ring (bicyclic) bond motifs is 6. The normalized spacial score (nSPS) is 13.5. The Balaban J connectivity index is 0.000000182. The lowest BCUT2D eigenvalue weighted by Gasteiger charge is -2.28. The predicted octanol–water partition coefficient (Wildman–Crippen LogP) is 34.4. The molecular formula is C120H122N2. The molecule has 0 saturated carbocycles. The fraction of sp³-hybridized carbons (Fsp3) is 0.250. The van der Waals surface area contributed by atoms with Crippen molar-refractivity contribution in [3.05, 3.63) is 395 Å². The highest BCUT2D eigenvalue weighted by atomic mass is 15.1. The monoisotopic (exact) mass is 1590 g/mol. The van der Waals surface area contributed by atoms with Gasteiger partial charge in [0.1, 0.15) is 0 Å². The fourth-order valence-electron chi connectivity index (χ4n) is 18.1. The van der Waals surface area contributed by atoms with Crippen molar-refractivity contribution < 1.29 is 0 Å². The molecule has 0 radical (unpaired) electrons. The van der Waals surface area contributed by atoms with Crippen molar-refractivity contribution in [3.63, 3.8) is 0 Å². The lowest BCUT2D eigenvalue weighted by molar-refractivity contribution is 0.568. The Bertz CT molecular complexity index is 6350. The Morgan fingerprint density at radius 2 is 0.377 bits per heavy atom. The third kappa shape index (κ3) is 16.9. The smallest absolute Gasteiger partial charge is 0.0467 e. The van der Waals surface area contributed by atoms with E-state index >= 15 is 0 Å². The molecular weight excluding hydrogens is 1470 g/mol. The zero-order valence-electron chi connectivity index (χ0n) is 76.2. The van der Waals surface area contributed by atoms with Gasteiger partial charge in [-0.15, -0.1) is 0 Å².